The number of carbonyl (C=O) groups excluding carboxylic acids is 1. The number of anilines is 1. The first-order valence-electron chi connectivity index (χ1n) is 7.50. The van der Waals surface area contributed by atoms with Gasteiger partial charge in [-0.2, -0.15) is 0 Å². The Labute approximate surface area is 132 Å². The molecule has 1 aromatic rings. The van der Waals surface area contributed by atoms with Gasteiger partial charge in [0.25, 0.3) is 0 Å². The molecule has 7 heteroatoms. The van der Waals surface area contributed by atoms with E-state index in [1.165, 1.54) is 10.6 Å². The Bertz CT molecular complexity index is 641. The highest BCUT2D eigenvalue weighted by Gasteiger charge is 2.30. The summed E-state index contributed by atoms with van der Waals surface area (Å²) in [4.78, 5) is 14.0. The third-order valence-corrected chi connectivity index (χ3v) is 5.13. The number of sulfonamides is 1. The Hall–Kier alpha value is -1.76. The smallest absolute Gasteiger partial charge is 0.317 e. The number of hydrogen-bond acceptors (Lipinski definition) is 3. The Morgan fingerprint density at radius 1 is 1.32 bits per heavy atom. The number of rotatable bonds is 4. The molecule has 0 spiro atoms. The average Bonchev–Trinajstić information content (AvgIpc) is 2.47. The van der Waals surface area contributed by atoms with E-state index < -0.39 is 10.0 Å². The minimum atomic E-state index is -3.31. The van der Waals surface area contributed by atoms with Gasteiger partial charge in [-0.15, -0.1) is 0 Å². The molecule has 22 heavy (non-hydrogen) atoms. The third-order valence-electron chi connectivity index (χ3n) is 3.95. The largest absolute Gasteiger partial charge is 0.331 e. The van der Waals surface area contributed by atoms with Crippen molar-refractivity contribution in [2.45, 2.75) is 26.3 Å². The fourth-order valence-electron chi connectivity index (χ4n) is 2.78. The van der Waals surface area contributed by atoms with E-state index in [9.17, 15) is 13.2 Å². The molecule has 0 aliphatic carbocycles. The van der Waals surface area contributed by atoms with Gasteiger partial charge in [0.15, 0.2) is 0 Å². The summed E-state index contributed by atoms with van der Waals surface area (Å²) in [6.07, 6.45) is 1.77. The van der Waals surface area contributed by atoms with Crippen LogP contribution in [0.25, 0.3) is 0 Å². The minimum absolute atomic E-state index is 0.113. The van der Waals surface area contributed by atoms with E-state index in [4.69, 9.17) is 0 Å². The maximum absolute atomic E-state index is 12.2. The van der Waals surface area contributed by atoms with Crippen LogP contribution in [0.5, 0.6) is 0 Å². The molecule has 1 aromatic carbocycles. The monoisotopic (exact) mass is 325 g/mol. The lowest BCUT2D eigenvalue weighted by Gasteiger charge is -2.35. The molecular formula is C15H23N3O3S. The lowest BCUT2D eigenvalue weighted by molar-refractivity contribution is 0.198. The van der Waals surface area contributed by atoms with Crippen LogP contribution in [0.15, 0.2) is 24.3 Å². The Balaban J connectivity index is 2.27. The van der Waals surface area contributed by atoms with Crippen LogP contribution >= 0.6 is 0 Å². The van der Waals surface area contributed by atoms with E-state index in [0.29, 0.717) is 31.7 Å². The predicted molar refractivity (Wildman–Crippen MR) is 87.4 cm³/mol. The van der Waals surface area contributed by atoms with Gasteiger partial charge in [0.05, 0.1) is 18.0 Å². The number of fused-ring (bicyclic) bond motifs is 1. The molecule has 2 amide bonds. The Morgan fingerprint density at radius 2 is 1.95 bits per heavy atom. The summed E-state index contributed by atoms with van der Waals surface area (Å²) < 4.78 is 25.2. The Morgan fingerprint density at radius 3 is 2.55 bits per heavy atom. The standard InChI is InChI=1S/C15H23N3O3S/c1-4-17(5-2)15(19)16-13-10-11-18(22(3,20)21)14-9-7-6-8-12(13)14/h6-9,13H,4-5,10-11H2,1-3H3,(H,16,19). The first-order chi connectivity index (χ1) is 10.4. The molecular weight excluding hydrogens is 302 g/mol. The van der Waals surface area contributed by atoms with Gasteiger partial charge in [0.1, 0.15) is 0 Å². The summed E-state index contributed by atoms with van der Waals surface area (Å²) in [5.74, 6) is 0. The summed E-state index contributed by atoms with van der Waals surface area (Å²) in [7, 11) is -3.31. The van der Waals surface area contributed by atoms with Crippen LogP contribution in [-0.4, -0.2) is 45.2 Å². The summed E-state index contributed by atoms with van der Waals surface area (Å²) in [5.41, 5.74) is 1.50. The van der Waals surface area contributed by atoms with E-state index in [0.717, 1.165) is 5.56 Å². The minimum Gasteiger partial charge on any atom is -0.331 e. The molecule has 1 aliphatic heterocycles. The van der Waals surface area contributed by atoms with Crippen molar-refractivity contribution in [3.63, 3.8) is 0 Å². The van der Waals surface area contributed by atoms with Crippen LogP contribution < -0.4 is 9.62 Å². The van der Waals surface area contributed by atoms with E-state index in [-0.39, 0.29) is 12.1 Å². The lowest BCUT2D eigenvalue weighted by Crippen LogP contribution is -2.45. The van der Waals surface area contributed by atoms with E-state index in [1.807, 2.05) is 32.0 Å². The lowest BCUT2D eigenvalue weighted by atomic mass is 9.98. The molecule has 1 N–H and O–H groups in total. The normalized spacial score (nSPS) is 17.8. The molecule has 1 heterocycles. The summed E-state index contributed by atoms with van der Waals surface area (Å²) >= 11 is 0. The van der Waals surface area contributed by atoms with Crippen molar-refractivity contribution in [1.82, 2.24) is 10.2 Å². The molecule has 1 unspecified atom stereocenters. The number of amides is 2. The zero-order valence-electron chi connectivity index (χ0n) is 13.2. The molecule has 0 fully saturated rings. The van der Waals surface area contributed by atoms with Crippen molar-refractivity contribution < 1.29 is 13.2 Å². The molecule has 0 radical (unpaired) electrons. The highest BCUT2D eigenvalue weighted by atomic mass is 32.2. The summed E-state index contributed by atoms with van der Waals surface area (Å²) in [5, 5.41) is 3.01. The SMILES string of the molecule is CCN(CC)C(=O)NC1CCN(S(C)(=O)=O)c2ccccc21. The molecule has 0 bridgehead atoms. The summed E-state index contributed by atoms with van der Waals surface area (Å²) in [6.45, 7) is 5.53. The fourth-order valence-corrected chi connectivity index (χ4v) is 3.74. The molecule has 122 valence electrons. The average molecular weight is 325 g/mol. The predicted octanol–water partition coefficient (Wildman–Crippen LogP) is 1.95. The number of para-hydroxylation sites is 1. The van der Waals surface area contributed by atoms with Gasteiger partial charge >= 0.3 is 6.03 Å². The van der Waals surface area contributed by atoms with Crippen molar-refractivity contribution in [2.75, 3.05) is 30.2 Å². The molecule has 1 aliphatic rings. The number of nitrogens with one attached hydrogen (secondary N) is 1. The third kappa shape index (κ3) is 3.35. The van der Waals surface area contributed by atoms with Crippen LogP contribution in [0, 0.1) is 0 Å². The van der Waals surface area contributed by atoms with Gasteiger partial charge in [0, 0.05) is 19.6 Å². The number of benzene rings is 1. The van der Waals surface area contributed by atoms with E-state index in [2.05, 4.69) is 5.32 Å². The van der Waals surface area contributed by atoms with Gasteiger partial charge in [-0.3, -0.25) is 4.31 Å². The van der Waals surface area contributed by atoms with Crippen molar-refractivity contribution in [3.8, 4) is 0 Å². The van der Waals surface area contributed by atoms with Crippen LogP contribution in [0.3, 0.4) is 0 Å². The van der Waals surface area contributed by atoms with Crippen molar-refractivity contribution >= 4 is 21.7 Å². The number of urea groups is 1. The first-order valence-corrected chi connectivity index (χ1v) is 9.35. The van der Waals surface area contributed by atoms with Crippen LogP contribution in [0.1, 0.15) is 31.9 Å². The second kappa shape index (κ2) is 6.56. The fraction of sp³-hybridized carbons (Fsp3) is 0.533. The molecule has 1 atom stereocenters. The van der Waals surface area contributed by atoms with Crippen LogP contribution in [0.4, 0.5) is 10.5 Å². The van der Waals surface area contributed by atoms with E-state index in [1.54, 1.807) is 11.0 Å². The quantitative estimate of drug-likeness (QED) is 0.920. The number of carbonyl (C=O) groups is 1. The maximum Gasteiger partial charge on any atom is 0.317 e. The molecule has 2 rings (SSSR count). The zero-order valence-corrected chi connectivity index (χ0v) is 14.1. The van der Waals surface area contributed by atoms with Gasteiger partial charge in [0.2, 0.25) is 10.0 Å². The van der Waals surface area contributed by atoms with Crippen molar-refractivity contribution in [2.24, 2.45) is 0 Å². The maximum atomic E-state index is 12.2. The summed E-state index contributed by atoms with van der Waals surface area (Å²) in [6, 6.07) is 7.05. The topological polar surface area (TPSA) is 69.7 Å². The molecule has 0 aromatic heterocycles. The number of hydrogen-bond donors (Lipinski definition) is 1. The van der Waals surface area contributed by atoms with Crippen LogP contribution in [-0.2, 0) is 10.0 Å². The highest BCUT2D eigenvalue weighted by molar-refractivity contribution is 7.92. The first kappa shape index (κ1) is 16.6. The molecule has 0 saturated carbocycles. The Kier molecular flexibility index (Phi) is 4.95. The second-order valence-electron chi connectivity index (χ2n) is 5.36. The van der Waals surface area contributed by atoms with Gasteiger partial charge in [-0.05, 0) is 31.9 Å². The number of nitrogens with zero attached hydrogens (tertiary/aromatic N) is 2. The van der Waals surface area contributed by atoms with E-state index >= 15 is 0 Å². The van der Waals surface area contributed by atoms with Crippen LogP contribution in [0.2, 0.25) is 0 Å². The molecule has 6 nitrogen and oxygen atoms in total. The van der Waals surface area contributed by atoms with Gasteiger partial charge in [-0.1, -0.05) is 18.2 Å². The zero-order chi connectivity index (χ0) is 16.3. The molecule has 0 saturated heterocycles. The van der Waals surface area contributed by atoms with Gasteiger partial charge < -0.3 is 10.2 Å². The van der Waals surface area contributed by atoms with Crippen molar-refractivity contribution in [3.05, 3.63) is 29.8 Å². The second-order valence-corrected chi connectivity index (χ2v) is 7.26. The highest BCUT2D eigenvalue weighted by Crippen LogP contribution is 2.35. The van der Waals surface area contributed by atoms with Gasteiger partial charge in [-0.25, -0.2) is 13.2 Å². The van der Waals surface area contributed by atoms with Crippen molar-refractivity contribution in [1.29, 1.82) is 0 Å².